The fourth-order valence-corrected chi connectivity index (χ4v) is 0.889. The average Bonchev–Trinajstić information content (AvgIpc) is 2.18. The van der Waals surface area contributed by atoms with Gasteiger partial charge in [-0.15, -0.1) is 0 Å². The van der Waals surface area contributed by atoms with Gasteiger partial charge in [0.25, 0.3) is 0 Å². The number of ether oxygens (including phenoxy) is 1. The first kappa shape index (κ1) is 10.2. The van der Waals surface area contributed by atoms with Gasteiger partial charge in [0.15, 0.2) is 0 Å². The number of benzene rings is 1. The van der Waals surface area contributed by atoms with Crippen LogP contribution in [0, 0.1) is 10.1 Å². The summed E-state index contributed by atoms with van der Waals surface area (Å²) in [6.07, 6.45) is 0.187. The minimum atomic E-state index is -0.585. The number of para-hydroxylation sites is 2. The van der Waals surface area contributed by atoms with Gasteiger partial charge in [-0.3, -0.25) is 14.9 Å². The van der Waals surface area contributed by atoms with Crippen molar-refractivity contribution in [3.8, 4) is 5.75 Å². The van der Waals surface area contributed by atoms with Gasteiger partial charge < -0.3 is 4.74 Å². The van der Waals surface area contributed by atoms with Crippen LogP contribution in [0.5, 0.6) is 5.75 Å². The topological polar surface area (TPSA) is 69.4 Å². The fraction of sp³-hybridized carbons (Fsp3) is 0.222. The number of hydrogen-bond donors (Lipinski definition) is 0. The highest BCUT2D eigenvalue weighted by Gasteiger charge is 2.15. The molecule has 0 unspecified atom stereocenters. The molecule has 0 spiro atoms. The van der Waals surface area contributed by atoms with Crippen molar-refractivity contribution in [2.75, 3.05) is 0 Å². The molecule has 1 aromatic rings. The molecule has 0 amide bonds. The third-order valence-corrected chi connectivity index (χ3v) is 1.57. The van der Waals surface area contributed by atoms with Crippen molar-refractivity contribution in [2.24, 2.45) is 0 Å². The summed E-state index contributed by atoms with van der Waals surface area (Å²) >= 11 is 0. The van der Waals surface area contributed by atoms with Crippen LogP contribution in [0.4, 0.5) is 5.69 Å². The van der Waals surface area contributed by atoms with Crippen molar-refractivity contribution in [3.63, 3.8) is 0 Å². The van der Waals surface area contributed by atoms with E-state index in [1.807, 2.05) is 0 Å². The van der Waals surface area contributed by atoms with Crippen LogP contribution in [0.3, 0.4) is 0 Å². The smallest absolute Gasteiger partial charge is 0.311 e. The Kier molecular flexibility index (Phi) is 3.17. The van der Waals surface area contributed by atoms with Crippen molar-refractivity contribution in [2.45, 2.75) is 13.3 Å². The van der Waals surface area contributed by atoms with Gasteiger partial charge in [0, 0.05) is 12.5 Å². The Balaban J connectivity index is 2.95. The number of nitrogens with zero attached hydrogens (tertiary/aromatic N) is 1. The highest BCUT2D eigenvalue weighted by molar-refractivity contribution is 5.73. The summed E-state index contributed by atoms with van der Waals surface area (Å²) in [4.78, 5) is 20.8. The molecule has 0 N–H and O–H groups in total. The summed E-state index contributed by atoms with van der Waals surface area (Å²) in [7, 11) is 0. The van der Waals surface area contributed by atoms with Gasteiger partial charge in [0.1, 0.15) is 0 Å². The molecule has 0 aliphatic rings. The third kappa shape index (κ3) is 2.29. The van der Waals surface area contributed by atoms with E-state index in [4.69, 9.17) is 4.74 Å². The first-order chi connectivity index (χ1) is 6.65. The standard InChI is InChI=1S/C9H9NO4/c1-2-9(11)14-8-6-4-3-5-7(8)10(12)13/h3-6H,2H2,1H3. The van der Waals surface area contributed by atoms with E-state index >= 15 is 0 Å². The fourth-order valence-electron chi connectivity index (χ4n) is 0.889. The number of carbonyl (C=O) groups excluding carboxylic acids is 1. The van der Waals surface area contributed by atoms with Crippen LogP contribution in [0.15, 0.2) is 24.3 Å². The lowest BCUT2D eigenvalue weighted by molar-refractivity contribution is -0.385. The maximum atomic E-state index is 10.9. The Morgan fingerprint density at radius 1 is 1.50 bits per heavy atom. The molecule has 0 saturated heterocycles. The number of carbonyl (C=O) groups is 1. The average molecular weight is 195 g/mol. The SMILES string of the molecule is CCC(=O)Oc1ccccc1[N+](=O)[O-]. The van der Waals surface area contributed by atoms with Crippen molar-refractivity contribution < 1.29 is 14.5 Å². The van der Waals surface area contributed by atoms with Crippen LogP contribution in [-0.4, -0.2) is 10.9 Å². The van der Waals surface area contributed by atoms with Gasteiger partial charge in [-0.2, -0.15) is 0 Å². The van der Waals surface area contributed by atoms with Gasteiger partial charge in [-0.1, -0.05) is 19.1 Å². The second-order valence-corrected chi connectivity index (χ2v) is 2.55. The molecular formula is C9H9NO4. The van der Waals surface area contributed by atoms with Crippen LogP contribution < -0.4 is 4.74 Å². The number of nitro benzene ring substituents is 1. The molecule has 0 saturated carbocycles. The van der Waals surface area contributed by atoms with E-state index in [-0.39, 0.29) is 17.9 Å². The summed E-state index contributed by atoms with van der Waals surface area (Å²) in [5.41, 5.74) is -0.200. The summed E-state index contributed by atoms with van der Waals surface area (Å²) in [5, 5.41) is 10.5. The maximum absolute atomic E-state index is 10.9. The van der Waals surface area contributed by atoms with Gasteiger partial charge in [-0.05, 0) is 6.07 Å². The van der Waals surface area contributed by atoms with Gasteiger partial charge in [0.05, 0.1) is 4.92 Å². The quantitative estimate of drug-likeness (QED) is 0.319. The molecule has 14 heavy (non-hydrogen) atoms. The Bertz CT molecular complexity index is 362. The lowest BCUT2D eigenvalue weighted by Crippen LogP contribution is -2.07. The monoisotopic (exact) mass is 195 g/mol. The first-order valence-electron chi connectivity index (χ1n) is 4.09. The van der Waals surface area contributed by atoms with E-state index in [0.29, 0.717) is 0 Å². The van der Waals surface area contributed by atoms with E-state index in [9.17, 15) is 14.9 Å². The molecule has 5 nitrogen and oxygen atoms in total. The second kappa shape index (κ2) is 4.36. The number of hydrogen-bond acceptors (Lipinski definition) is 4. The van der Waals surface area contributed by atoms with Gasteiger partial charge >= 0.3 is 11.7 Å². The largest absolute Gasteiger partial charge is 0.419 e. The number of esters is 1. The zero-order valence-corrected chi connectivity index (χ0v) is 7.60. The maximum Gasteiger partial charge on any atom is 0.311 e. The normalized spacial score (nSPS) is 9.50. The molecule has 1 aromatic carbocycles. The molecule has 0 aliphatic heterocycles. The predicted octanol–water partition coefficient (Wildman–Crippen LogP) is 1.91. The molecule has 0 aromatic heterocycles. The molecule has 0 fully saturated rings. The van der Waals surface area contributed by atoms with Crippen molar-refractivity contribution in [1.29, 1.82) is 0 Å². The minimum absolute atomic E-state index is 0.00986. The van der Waals surface area contributed by atoms with Crippen LogP contribution in [0.2, 0.25) is 0 Å². The lowest BCUT2D eigenvalue weighted by atomic mass is 10.3. The van der Waals surface area contributed by atoms with E-state index in [1.54, 1.807) is 13.0 Å². The molecule has 0 aliphatic carbocycles. The van der Waals surface area contributed by atoms with E-state index in [0.717, 1.165) is 0 Å². The van der Waals surface area contributed by atoms with Crippen LogP contribution in [0.1, 0.15) is 13.3 Å². The summed E-state index contributed by atoms with van der Waals surface area (Å²) in [6, 6.07) is 5.77. The summed E-state index contributed by atoms with van der Waals surface area (Å²) in [6.45, 7) is 1.62. The summed E-state index contributed by atoms with van der Waals surface area (Å²) < 4.78 is 4.78. The molecular weight excluding hydrogens is 186 g/mol. The van der Waals surface area contributed by atoms with Crippen molar-refractivity contribution in [3.05, 3.63) is 34.4 Å². The van der Waals surface area contributed by atoms with Crippen molar-refractivity contribution >= 4 is 11.7 Å². The first-order valence-corrected chi connectivity index (χ1v) is 4.09. The molecule has 5 heteroatoms. The van der Waals surface area contributed by atoms with E-state index in [1.165, 1.54) is 18.2 Å². The van der Waals surface area contributed by atoms with Crippen LogP contribution in [0.25, 0.3) is 0 Å². The van der Waals surface area contributed by atoms with Gasteiger partial charge in [-0.25, -0.2) is 0 Å². The summed E-state index contributed by atoms with van der Waals surface area (Å²) in [5.74, 6) is -0.497. The van der Waals surface area contributed by atoms with E-state index in [2.05, 4.69) is 0 Å². The highest BCUT2D eigenvalue weighted by Crippen LogP contribution is 2.25. The highest BCUT2D eigenvalue weighted by atomic mass is 16.6. The van der Waals surface area contributed by atoms with E-state index < -0.39 is 10.9 Å². The molecule has 0 atom stereocenters. The number of nitro groups is 1. The predicted molar refractivity (Wildman–Crippen MR) is 49.0 cm³/mol. The zero-order chi connectivity index (χ0) is 10.6. The van der Waals surface area contributed by atoms with Crippen molar-refractivity contribution in [1.82, 2.24) is 0 Å². The number of rotatable bonds is 3. The Morgan fingerprint density at radius 2 is 2.14 bits per heavy atom. The molecule has 1 rings (SSSR count). The molecule has 74 valence electrons. The minimum Gasteiger partial charge on any atom is -0.419 e. The Hall–Kier alpha value is -1.91. The third-order valence-electron chi connectivity index (χ3n) is 1.57. The molecule has 0 heterocycles. The second-order valence-electron chi connectivity index (χ2n) is 2.55. The van der Waals surface area contributed by atoms with Crippen LogP contribution >= 0.6 is 0 Å². The Labute approximate surface area is 80.5 Å². The molecule has 0 bridgehead atoms. The Morgan fingerprint density at radius 3 is 2.71 bits per heavy atom. The van der Waals surface area contributed by atoms with Crippen LogP contribution in [-0.2, 0) is 4.79 Å². The molecule has 0 radical (unpaired) electrons. The zero-order valence-electron chi connectivity index (χ0n) is 7.60. The lowest BCUT2D eigenvalue weighted by Gasteiger charge is -2.02. The van der Waals surface area contributed by atoms with Gasteiger partial charge in [0.2, 0.25) is 5.75 Å².